The summed E-state index contributed by atoms with van der Waals surface area (Å²) >= 11 is 0. The molecule has 0 aromatic heterocycles. The SMILES string of the molecule is O=C(NCCO[C@@H]1O[C@H](CO)[C@H](O)[C@H](OS(=O)(=O)O)[C@H]1O)[C@@H]1C[C@H]2C=C[C@@H]1O2. The molecule has 160 valence electrons. The number of aliphatic hydroxyl groups is 3. The predicted octanol–water partition coefficient (Wildman–Crippen LogP) is -2.91. The van der Waals surface area contributed by atoms with Crippen molar-refractivity contribution in [1.29, 1.82) is 0 Å². The van der Waals surface area contributed by atoms with Crippen LogP contribution in [-0.4, -0.2) is 96.9 Å². The Balaban J connectivity index is 1.48. The molecule has 2 fully saturated rings. The van der Waals surface area contributed by atoms with Crippen LogP contribution in [0.5, 0.6) is 0 Å². The molecule has 5 N–H and O–H groups in total. The first-order valence-corrected chi connectivity index (χ1v) is 10.1. The zero-order valence-electron chi connectivity index (χ0n) is 14.7. The van der Waals surface area contributed by atoms with Crippen LogP contribution in [0.1, 0.15) is 6.42 Å². The first-order valence-electron chi connectivity index (χ1n) is 8.71. The standard InChI is InChI=1S/C15H23NO11S/c17-6-10-11(18)13(27-28(21,22)23)12(19)15(26-10)24-4-3-16-14(20)8-5-7-1-2-9(8)25-7/h1-2,7-13,15,17-19H,3-6H2,(H,16,20)(H,21,22,23)/t7-,8-,9+,10-,11+,12-,13+,15-/m1/s1. The number of aliphatic hydroxyl groups excluding tert-OH is 3. The van der Waals surface area contributed by atoms with Crippen LogP contribution in [0.25, 0.3) is 0 Å². The van der Waals surface area contributed by atoms with Gasteiger partial charge in [0, 0.05) is 6.54 Å². The van der Waals surface area contributed by atoms with E-state index in [9.17, 15) is 28.5 Å². The van der Waals surface area contributed by atoms with Gasteiger partial charge < -0.3 is 34.8 Å². The summed E-state index contributed by atoms with van der Waals surface area (Å²) in [6.45, 7) is -0.759. The van der Waals surface area contributed by atoms with Gasteiger partial charge in [0.25, 0.3) is 0 Å². The average Bonchev–Trinajstić information content (AvgIpc) is 3.26. The largest absolute Gasteiger partial charge is 0.397 e. The molecule has 12 nitrogen and oxygen atoms in total. The van der Waals surface area contributed by atoms with Gasteiger partial charge in [0.15, 0.2) is 6.29 Å². The summed E-state index contributed by atoms with van der Waals surface area (Å²) < 4.78 is 50.9. The molecule has 0 unspecified atom stereocenters. The Kier molecular flexibility index (Phi) is 6.69. The lowest BCUT2D eigenvalue weighted by Crippen LogP contribution is -2.60. The number of hydrogen-bond donors (Lipinski definition) is 5. The highest BCUT2D eigenvalue weighted by atomic mass is 32.3. The first kappa shape index (κ1) is 21.5. The Morgan fingerprint density at radius 1 is 1.21 bits per heavy atom. The lowest BCUT2D eigenvalue weighted by molar-refractivity contribution is -0.296. The van der Waals surface area contributed by atoms with E-state index in [0.717, 1.165) is 0 Å². The molecule has 2 saturated heterocycles. The van der Waals surface area contributed by atoms with Crippen molar-refractivity contribution in [1.82, 2.24) is 5.32 Å². The maximum absolute atomic E-state index is 12.2. The van der Waals surface area contributed by atoms with Crippen LogP contribution in [0.2, 0.25) is 0 Å². The fraction of sp³-hybridized carbons (Fsp3) is 0.800. The molecule has 0 spiro atoms. The van der Waals surface area contributed by atoms with Crippen molar-refractivity contribution in [3.8, 4) is 0 Å². The van der Waals surface area contributed by atoms with Gasteiger partial charge in [-0.2, -0.15) is 8.42 Å². The Hall–Kier alpha value is -1.16. The van der Waals surface area contributed by atoms with Crippen LogP contribution >= 0.6 is 0 Å². The molecular weight excluding hydrogens is 402 g/mol. The predicted molar refractivity (Wildman–Crippen MR) is 89.1 cm³/mol. The Morgan fingerprint density at radius 2 is 1.96 bits per heavy atom. The van der Waals surface area contributed by atoms with Crippen molar-refractivity contribution in [3.05, 3.63) is 12.2 Å². The molecule has 0 aromatic carbocycles. The third-order valence-electron chi connectivity index (χ3n) is 4.80. The van der Waals surface area contributed by atoms with Crippen LogP contribution in [0.15, 0.2) is 12.2 Å². The molecule has 1 amide bonds. The van der Waals surface area contributed by atoms with Gasteiger partial charge in [-0.1, -0.05) is 12.2 Å². The highest BCUT2D eigenvalue weighted by Crippen LogP contribution is 2.33. The number of fused-ring (bicyclic) bond motifs is 2. The topological polar surface area (TPSA) is 181 Å². The molecule has 28 heavy (non-hydrogen) atoms. The lowest BCUT2D eigenvalue weighted by Gasteiger charge is -2.40. The zero-order chi connectivity index (χ0) is 20.5. The number of amides is 1. The normalized spacial score (nSPS) is 40.0. The minimum absolute atomic E-state index is 0.0376. The second-order valence-corrected chi connectivity index (χ2v) is 7.77. The molecule has 3 rings (SSSR count). The Bertz CT molecular complexity index is 698. The van der Waals surface area contributed by atoms with Gasteiger partial charge in [0.1, 0.15) is 24.4 Å². The van der Waals surface area contributed by atoms with Gasteiger partial charge in [-0.3, -0.25) is 9.35 Å². The van der Waals surface area contributed by atoms with Crippen molar-refractivity contribution in [2.45, 2.75) is 49.3 Å². The number of hydrogen-bond acceptors (Lipinski definition) is 10. The van der Waals surface area contributed by atoms with Gasteiger partial charge in [0.05, 0.1) is 31.3 Å². The van der Waals surface area contributed by atoms with Crippen LogP contribution in [0.4, 0.5) is 0 Å². The molecular formula is C15H23NO11S. The van der Waals surface area contributed by atoms with E-state index in [1.54, 1.807) is 0 Å². The monoisotopic (exact) mass is 425 g/mol. The molecule has 2 bridgehead atoms. The summed E-state index contributed by atoms with van der Waals surface area (Å²) in [6.07, 6.45) is -4.00. The van der Waals surface area contributed by atoms with E-state index in [0.29, 0.717) is 6.42 Å². The van der Waals surface area contributed by atoms with E-state index < -0.39 is 47.7 Å². The summed E-state index contributed by atoms with van der Waals surface area (Å²) in [5, 5.41) is 31.9. The summed E-state index contributed by atoms with van der Waals surface area (Å²) in [5.41, 5.74) is 0. The van der Waals surface area contributed by atoms with E-state index >= 15 is 0 Å². The van der Waals surface area contributed by atoms with E-state index in [2.05, 4.69) is 9.50 Å². The molecule has 0 aromatic rings. The molecule has 3 aliphatic rings. The summed E-state index contributed by atoms with van der Waals surface area (Å²) in [5.74, 6) is -0.491. The van der Waals surface area contributed by atoms with Crippen LogP contribution < -0.4 is 5.32 Å². The van der Waals surface area contributed by atoms with E-state index in [1.807, 2.05) is 12.2 Å². The fourth-order valence-electron chi connectivity index (χ4n) is 3.45. The van der Waals surface area contributed by atoms with Crippen LogP contribution in [-0.2, 0) is 33.6 Å². The summed E-state index contributed by atoms with van der Waals surface area (Å²) in [6, 6.07) is 0. The second-order valence-electron chi connectivity index (χ2n) is 6.72. The van der Waals surface area contributed by atoms with E-state index in [4.69, 9.17) is 18.8 Å². The van der Waals surface area contributed by atoms with Gasteiger partial charge >= 0.3 is 10.4 Å². The molecule has 0 saturated carbocycles. The quantitative estimate of drug-likeness (QED) is 0.153. The Morgan fingerprint density at radius 3 is 2.54 bits per heavy atom. The van der Waals surface area contributed by atoms with Crippen molar-refractivity contribution in [2.24, 2.45) is 5.92 Å². The van der Waals surface area contributed by atoms with Crippen molar-refractivity contribution < 1.29 is 51.5 Å². The highest BCUT2D eigenvalue weighted by Gasteiger charge is 2.47. The smallest absolute Gasteiger partial charge is 0.394 e. The van der Waals surface area contributed by atoms with E-state index in [-0.39, 0.29) is 37.2 Å². The van der Waals surface area contributed by atoms with Crippen molar-refractivity contribution in [3.63, 3.8) is 0 Å². The van der Waals surface area contributed by atoms with Gasteiger partial charge in [-0.05, 0) is 6.42 Å². The van der Waals surface area contributed by atoms with Gasteiger partial charge in [0.2, 0.25) is 5.91 Å². The van der Waals surface area contributed by atoms with Gasteiger partial charge in [-0.15, -0.1) is 0 Å². The van der Waals surface area contributed by atoms with E-state index in [1.165, 1.54) is 0 Å². The molecule has 8 atom stereocenters. The minimum Gasteiger partial charge on any atom is -0.394 e. The highest BCUT2D eigenvalue weighted by molar-refractivity contribution is 7.80. The molecule has 0 aliphatic carbocycles. The first-order chi connectivity index (χ1) is 13.2. The maximum Gasteiger partial charge on any atom is 0.397 e. The molecule has 13 heteroatoms. The third-order valence-corrected chi connectivity index (χ3v) is 5.27. The van der Waals surface area contributed by atoms with Gasteiger partial charge in [-0.25, -0.2) is 4.18 Å². The number of ether oxygens (including phenoxy) is 3. The fourth-order valence-corrected chi connectivity index (χ4v) is 3.96. The molecule has 0 radical (unpaired) electrons. The zero-order valence-corrected chi connectivity index (χ0v) is 15.5. The number of nitrogens with one attached hydrogen (secondary N) is 1. The number of carbonyl (C=O) groups is 1. The van der Waals surface area contributed by atoms with Crippen LogP contribution in [0.3, 0.4) is 0 Å². The van der Waals surface area contributed by atoms with Crippen molar-refractivity contribution in [2.75, 3.05) is 19.8 Å². The maximum atomic E-state index is 12.2. The number of carbonyl (C=O) groups excluding carboxylic acids is 1. The van der Waals surface area contributed by atoms with Crippen molar-refractivity contribution >= 4 is 16.3 Å². The minimum atomic E-state index is -4.98. The Labute approximate surface area is 161 Å². The molecule has 3 aliphatic heterocycles. The second kappa shape index (κ2) is 8.69. The lowest BCUT2D eigenvalue weighted by atomic mass is 9.93. The molecule has 3 heterocycles. The summed E-state index contributed by atoms with van der Waals surface area (Å²) in [7, 11) is -4.98. The summed E-state index contributed by atoms with van der Waals surface area (Å²) in [4.78, 5) is 12.2. The number of rotatable bonds is 8. The average molecular weight is 425 g/mol. The van der Waals surface area contributed by atoms with Crippen LogP contribution in [0, 0.1) is 5.92 Å². The third kappa shape index (κ3) is 4.87.